The van der Waals surface area contributed by atoms with E-state index in [9.17, 15) is 17.6 Å². The summed E-state index contributed by atoms with van der Waals surface area (Å²) in [4.78, 5) is 6.32. The number of halogens is 4. The summed E-state index contributed by atoms with van der Waals surface area (Å²) in [5.74, 6) is -2.67. The highest BCUT2D eigenvalue weighted by molar-refractivity contribution is 5.84. The quantitative estimate of drug-likeness (QED) is 0.757. The van der Waals surface area contributed by atoms with E-state index in [1.54, 1.807) is 6.08 Å². The summed E-state index contributed by atoms with van der Waals surface area (Å²) in [5.41, 5.74) is 8.78. The molecular weight excluding hydrogens is 384 g/mol. The third-order valence-electron chi connectivity index (χ3n) is 4.80. The van der Waals surface area contributed by atoms with Crippen molar-refractivity contribution in [2.75, 3.05) is 20.1 Å². The second-order valence-electron chi connectivity index (χ2n) is 7.19. The molecule has 2 aliphatic rings. The van der Waals surface area contributed by atoms with E-state index in [-0.39, 0.29) is 5.96 Å². The van der Waals surface area contributed by atoms with E-state index in [0.29, 0.717) is 29.9 Å². The number of nitrogens with two attached hydrogens (primary N) is 1. The third-order valence-corrected chi connectivity index (χ3v) is 4.80. The van der Waals surface area contributed by atoms with Crippen LogP contribution in [0.5, 0.6) is 0 Å². The van der Waals surface area contributed by atoms with Crippen molar-refractivity contribution in [2.45, 2.75) is 6.04 Å². The second kappa shape index (κ2) is 7.36. The van der Waals surface area contributed by atoms with Crippen molar-refractivity contribution in [1.29, 1.82) is 0 Å². The minimum absolute atomic E-state index is 0.0966. The lowest BCUT2D eigenvalue weighted by molar-refractivity contribution is 0.368. The van der Waals surface area contributed by atoms with Gasteiger partial charge < -0.3 is 11.1 Å². The van der Waals surface area contributed by atoms with E-state index in [0.717, 1.165) is 23.3 Å². The Morgan fingerprint density at radius 3 is 2.17 bits per heavy atom. The average Bonchev–Trinajstić information content (AvgIpc) is 2.60. The van der Waals surface area contributed by atoms with Gasteiger partial charge in [0.05, 0.1) is 0 Å². The van der Waals surface area contributed by atoms with E-state index < -0.39 is 29.3 Å². The predicted molar refractivity (Wildman–Crippen MR) is 103 cm³/mol. The number of hydrogen-bond acceptors (Lipinski definition) is 4. The van der Waals surface area contributed by atoms with Crippen LogP contribution in [0.2, 0.25) is 0 Å². The first-order chi connectivity index (χ1) is 13.8. The molecule has 0 aliphatic carbocycles. The van der Waals surface area contributed by atoms with Crippen LogP contribution in [0.15, 0.2) is 58.2 Å². The van der Waals surface area contributed by atoms with Gasteiger partial charge in [0.2, 0.25) is 0 Å². The van der Waals surface area contributed by atoms with Crippen molar-refractivity contribution >= 4 is 12.0 Å². The molecule has 2 aromatic rings. The molecule has 150 valence electrons. The summed E-state index contributed by atoms with van der Waals surface area (Å²) in [6.07, 6.45) is 1.66. The molecule has 0 bridgehead atoms. The normalized spacial score (nSPS) is 21.1. The second-order valence-corrected chi connectivity index (χ2v) is 7.19. The van der Waals surface area contributed by atoms with Crippen LogP contribution in [-0.4, -0.2) is 31.0 Å². The molecule has 0 amide bonds. The van der Waals surface area contributed by atoms with Crippen LogP contribution in [0.1, 0.15) is 17.2 Å². The maximum Gasteiger partial charge on any atom is 0.194 e. The Labute approximate surface area is 165 Å². The van der Waals surface area contributed by atoms with E-state index in [4.69, 9.17) is 5.73 Å². The van der Waals surface area contributed by atoms with Crippen LogP contribution in [0.25, 0.3) is 6.08 Å². The minimum atomic E-state index is -0.704. The number of likely N-dealkylation sites (N-methyl/N-ethyl adjacent to an activating group) is 1. The molecule has 8 heteroatoms. The fraction of sp³-hybridized carbons (Fsp3) is 0.190. The van der Waals surface area contributed by atoms with Gasteiger partial charge in [-0.2, -0.15) is 0 Å². The third kappa shape index (κ3) is 4.02. The summed E-state index contributed by atoms with van der Waals surface area (Å²) in [7, 11) is 1.87. The summed E-state index contributed by atoms with van der Waals surface area (Å²) in [6.45, 7) is 0.970. The van der Waals surface area contributed by atoms with Crippen LogP contribution in [0.4, 0.5) is 17.6 Å². The molecule has 0 spiro atoms. The van der Waals surface area contributed by atoms with Gasteiger partial charge >= 0.3 is 0 Å². The molecule has 2 aromatic carbocycles. The molecule has 1 atom stereocenters. The van der Waals surface area contributed by atoms with Crippen molar-refractivity contribution in [2.24, 2.45) is 10.7 Å². The molecule has 1 unspecified atom stereocenters. The fourth-order valence-electron chi connectivity index (χ4n) is 3.75. The van der Waals surface area contributed by atoms with Crippen LogP contribution < -0.4 is 11.1 Å². The zero-order chi connectivity index (χ0) is 20.7. The topological polar surface area (TPSA) is 53.6 Å². The molecule has 2 aliphatic heterocycles. The van der Waals surface area contributed by atoms with Gasteiger partial charge in [-0.1, -0.05) is 0 Å². The minimum Gasteiger partial charge on any atom is -0.370 e. The first-order valence-electron chi connectivity index (χ1n) is 8.93. The molecule has 0 saturated heterocycles. The molecule has 4 rings (SSSR count). The summed E-state index contributed by atoms with van der Waals surface area (Å²) < 4.78 is 54.7. The molecular formula is C21H18F4N4. The zero-order valence-electron chi connectivity index (χ0n) is 15.5. The van der Waals surface area contributed by atoms with Crippen molar-refractivity contribution in [1.82, 2.24) is 10.2 Å². The number of hydrogen-bond donors (Lipinski definition) is 2. The lowest BCUT2D eigenvalue weighted by Crippen LogP contribution is -2.43. The Kier molecular flexibility index (Phi) is 4.87. The summed E-state index contributed by atoms with van der Waals surface area (Å²) >= 11 is 0. The molecule has 0 saturated carbocycles. The van der Waals surface area contributed by atoms with E-state index in [1.807, 2.05) is 11.9 Å². The van der Waals surface area contributed by atoms with Crippen LogP contribution in [0, 0.1) is 23.3 Å². The van der Waals surface area contributed by atoms with Crippen molar-refractivity contribution in [3.63, 3.8) is 0 Å². The van der Waals surface area contributed by atoms with Crippen LogP contribution in [-0.2, 0) is 0 Å². The molecule has 0 aromatic heterocycles. The van der Waals surface area contributed by atoms with Crippen LogP contribution >= 0.6 is 0 Å². The Morgan fingerprint density at radius 2 is 1.55 bits per heavy atom. The van der Waals surface area contributed by atoms with E-state index in [2.05, 4.69) is 10.3 Å². The molecule has 4 nitrogen and oxygen atoms in total. The molecule has 0 radical (unpaired) electrons. The number of rotatable bonds is 2. The lowest BCUT2D eigenvalue weighted by Gasteiger charge is -2.36. The van der Waals surface area contributed by atoms with Gasteiger partial charge in [-0.25, -0.2) is 22.6 Å². The molecule has 3 N–H and O–H groups in total. The van der Waals surface area contributed by atoms with E-state index >= 15 is 0 Å². The standard InChI is InChI=1S/C21H18F4N4/c1-29-9-13(2-11-3-14(22)7-15(23)4-11)20-18(10-29)19(27-21(26)28-20)12-5-16(24)8-17(25)6-12/h2-8,19H,9-10H2,1H3,(H3,26,27,28)/b13-2+. The van der Waals surface area contributed by atoms with Crippen LogP contribution in [0.3, 0.4) is 0 Å². The van der Waals surface area contributed by atoms with Gasteiger partial charge in [-0.3, -0.25) is 4.90 Å². The lowest BCUT2D eigenvalue weighted by atomic mass is 9.89. The van der Waals surface area contributed by atoms with Crippen molar-refractivity contribution in [3.8, 4) is 0 Å². The van der Waals surface area contributed by atoms with Gasteiger partial charge in [0.1, 0.15) is 29.3 Å². The summed E-state index contributed by atoms with van der Waals surface area (Å²) in [5, 5.41) is 3.00. The fourth-order valence-corrected chi connectivity index (χ4v) is 3.75. The number of nitrogens with zero attached hydrogens (tertiary/aromatic N) is 2. The van der Waals surface area contributed by atoms with Gasteiger partial charge in [-0.05, 0) is 59.7 Å². The Hall–Kier alpha value is -3.13. The average molecular weight is 402 g/mol. The molecule has 29 heavy (non-hydrogen) atoms. The Morgan fingerprint density at radius 1 is 0.966 bits per heavy atom. The van der Waals surface area contributed by atoms with E-state index in [1.165, 1.54) is 24.3 Å². The maximum absolute atomic E-state index is 13.8. The molecule has 0 fully saturated rings. The van der Waals surface area contributed by atoms with Gasteiger partial charge in [0.25, 0.3) is 0 Å². The highest BCUT2D eigenvalue weighted by atomic mass is 19.1. The first-order valence-corrected chi connectivity index (χ1v) is 8.93. The zero-order valence-corrected chi connectivity index (χ0v) is 15.5. The van der Waals surface area contributed by atoms with Gasteiger partial charge in [-0.15, -0.1) is 0 Å². The number of nitrogens with one attached hydrogen (secondary N) is 1. The SMILES string of the molecule is CN1CC2=C(NC(N)=NC2c2cc(F)cc(F)c2)/C(=C/c2cc(F)cc(F)c2)C1. The number of aliphatic imine (C=N–C) groups is 1. The number of benzene rings is 2. The predicted octanol–water partition coefficient (Wildman–Crippen LogP) is 3.49. The number of guanidine groups is 1. The highest BCUT2D eigenvalue weighted by Gasteiger charge is 2.31. The summed E-state index contributed by atoms with van der Waals surface area (Å²) in [6, 6.07) is 5.82. The smallest absolute Gasteiger partial charge is 0.194 e. The van der Waals surface area contributed by atoms with Crippen molar-refractivity contribution in [3.05, 3.63) is 87.6 Å². The van der Waals surface area contributed by atoms with Gasteiger partial charge in [0.15, 0.2) is 5.96 Å². The Balaban J connectivity index is 1.83. The molecule has 2 heterocycles. The highest BCUT2D eigenvalue weighted by Crippen LogP contribution is 2.36. The largest absolute Gasteiger partial charge is 0.370 e. The van der Waals surface area contributed by atoms with Crippen molar-refractivity contribution < 1.29 is 17.6 Å². The Bertz CT molecular complexity index is 1030. The van der Waals surface area contributed by atoms with Gasteiger partial charge in [0, 0.05) is 30.9 Å². The first kappa shape index (κ1) is 19.2. The maximum atomic E-state index is 13.8. The monoisotopic (exact) mass is 402 g/mol.